The summed E-state index contributed by atoms with van der Waals surface area (Å²) in [6, 6.07) is 4.00. The first-order valence-electron chi connectivity index (χ1n) is 6.53. The van der Waals surface area contributed by atoms with Crippen LogP contribution in [-0.2, 0) is 0 Å². The van der Waals surface area contributed by atoms with Crippen molar-refractivity contribution in [2.45, 2.75) is 19.9 Å². The number of hydrogen-bond acceptors (Lipinski definition) is 4. The number of hydrogen-bond donors (Lipinski definition) is 2. The fraction of sp³-hybridized carbons (Fsp3) is 0.571. The Kier molecular flexibility index (Phi) is 5.76. The highest BCUT2D eigenvalue weighted by Crippen LogP contribution is 2.14. The summed E-state index contributed by atoms with van der Waals surface area (Å²) in [5.74, 6) is 0.330. The predicted molar refractivity (Wildman–Crippen MR) is 78.4 cm³/mol. The van der Waals surface area contributed by atoms with Crippen LogP contribution in [0.5, 0.6) is 0 Å². The minimum absolute atomic E-state index is 0.169. The zero-order valence-corrected chi connectivity index (χ0v) is 12.4. The fourth-order valence-electron chi connectivity index (χ4n) is 1.80. The van der Waals surface area contributed by atoms with Crippen LogP contribution in [0.2, 0.25) is 0 Å². The van der Waals surface area contributed by atoms with Gasteiger partial charge >= 0.3 is 0 Å². The van der Waals surface area contributed by atoms with E-state index in [0.717, 1.165) is 12.2 Å². The van der Waals surface area contributed by atoms with Crippen LogP contribution in [0.15, 0.2) is 18.3 Å². The molecule has 2 N–H and O–H groups in total. The number of nitrogens with one attached hydrogen (secondary N) is 2. The van der Waals surface area contributed by atoms with Gasteiger partial charge < -0.3 is 15.5 Å². The molecular weight excluding hydrogens is 240 g/mol. The molecule has 5 nitrogen and oxygen atoms in total. The van der Waals surface area contributed by atoms with Gasteiger partial charge in [0.15, 0.2) is 0 Å². The van der Waals surface area contributed by atoms with E-state index in [1.807, 2.05) is 6.07 Å². The normalized spacial score (nSPS) is 12.6. The average molecular weight is 264 g/mol. The van der Waals surface area contributed by atoms with Gasteiger partial charge in [-0.05, 0) is 32.1 Å². The van der Waals surface area contributed by atoms with Crippen LogP contribution in [0.25, 0.3) is 0 Å². The molecule has 0 aliphatic heterocycles. The monoisotopic (exact) mass is 264 g/mol. The van der Waals surface area contributed by atoms with Gasteiger partial charge in [-0.2, -0.15) is 0 Å². The molecule has 1 unspecified atom stereocenters. The number of likely N-dealkylation sites (N-methyl/N-ethyl adjacent to an activating group) is 1. The first-order chi connectivity index (χ1) is 8.93. The lowest BCUT2D eigenvalue weighted by Gasteiger charge is -2.26. The number of amides is 1. The molecule has 1 aromatic rings. The maximum Gasteiger partial charge on any atom is 0.269 e. The maximum absolute atomic E-state index is 11.6. The summed E-state index contributed by atoms with van der Waals surface area (Å²) < 4.78 is 0. The van der Waals surface area contributed by atoms with Crippen LogP contribution >= 0.6 is 0 Å². The van der Waals surface area contributed by atoms with E-state index in [-0.39, 0.29) is 5.91 Å². The Balaban J connectivity index is 2.81. The Labute approximate surface area is 115 Å². The van der Waals surface area contributed by atoms with E-state index in [0.29, 0.717) is 17.7 Å². The second kappa shape index (κ2) is 7.09. The molecule has 0 saturated heterocycles. The summed E-state index contributed by atoms with van der Waals surface area (Å²) in [5.41, 5.74) is 1.36. The number of carbonyl (C=O) groups is 1. The van der Waals surface area contributed by atoms with Crippen LogP contribution in [0.4, 0.5) is 5.69 Å². The zero-order valence-electron chi connectivity index (χ0n) is 12.4. The van der Waals surface area contributed by atoms with Crippen molar-refractivity contribution in [3.05, 3.63) is 24.0 Å². The van der Waals surface area contributed by atoms with Gasteiger partial charge in [-0.25, -0.2) is 0 Å². The minimum Gasteiger partial charge on any atom is -0.381 e. The van der Waals surface area contributed by atoms with E-state index in [1.54, 1.807) is 19.3 Å². The Morgan fingerprint density at radius 1 is 1.42 bits per heavy atom. The van der Waals surface area contributed by atoms with Crippen LogP contribution in [0, 0.1) is 5.92 Å². The van der Waals surface area contributed by atoms with Gasteiger partial charge in [0, 0.05) is 31.5 Å². The standard InChI is InChI=1S/C14H24N4O/c1-10(2)13(9-18(4)5)17-11-6-7-16-12(8-11)14(19)15-3/h6-8,10,13H,9H2,1-5H3,(H,15,19)(H,16,17). The van der Waals surface area contributed by atoms with Crippen molar-refractivity contribution in [1.29, 1.82) is 0 Å². The third-order valence-corrected chi connectivity index (χ3v) is 2.94. The van der Waals surface area contributed by atoms with Gasteiger partial charge in [0.25, 0.3) is 5.91 Å². The van der Waals surface area contributed by atoms with Gasteiger partial charge in [0.2, 0.25) is 0 Å². The quantitative estimate of drug-likeness (QED) is 0.816. The molecule has 0 radical (unpaired) electrons. The average Bonchev–Trinajstić information content (AvgIpc) is 2.36. The van der Waals surface area contributed by atoms with Gasteiger partial charge in [-0.1, -0.05) is 13.8 Å². The molecule has 0 fully saturated rings. The zero-order chi connectivity index (χ0) is 14.4. The van der Waals surface area contributed by atoms with E-state index < -0.39 is 0 Å². The molecular formula is C14H24N4O. The highest BCUT2D eigenvalue weighted by Gasteiger charge is 2.15. The van der Waals surface area contributed by atoms with Gasteiger partial charge in [0.05, 0.1) is 0 Å². The molecule has 1 aromatic heterocycles. The Bertz CT molecular complexity index is 418. The van der Waals surface area contributed by atoms with Crippen LogP contribution in [0.3, 0.4) is 0 Å². The van der Waals surface area contributed by atoms with Crippen LogP contribution in [0.1, 0.15) is 24.3 Å². The molecule has 0 spiro atoms. The molecule has 0 aliphatic rings. The highest BCUT2D eigenvalue weighted by atomic mass is 16.1. The van der Waals surface area contributed by atoms with E-state index in [4.69, 9.17) is 0 Å². The fourth-order valence-corrected chi connectivity index (χ4v) is 1.80. The summed E-state index contributed by atoms with van der Waals surface area (Å²) in [6.07, 6.45) is 1.65. The van der Waals surface area contributed by atoms with Crippen molar-refractivity contribution >= 4 is 11.6 Å². The van der Waals surface area contributed by atoms with E-state index in [1.165, 1.54) is 0 Å². The van der Waals surface area contributed by atoms with Crippen molar-refractivity contribution in [3.8, 4) is 0 Å². The SMILES string of the molecule is CNC(=O)c1cc(NC(CN(C)C)C(C)C)ccn1. The maximum atomic E-state index is 11.6. The molecule has 0 bridgehead atoms. The number of aromatic nitrogens is 1. The first-order valence-corrected chi connectivity index (χ1v) is 6.53. The molecule has 0 aliphatic carbocycles. The van der Waals surface area contributed by atoms with Crippen molar-refractivity contribution in [2.75, 3.05) is 33.0 Å². The largest absolute Gasteiger partial charge is 0.381 e. The number of anilines is 1. The molecule has 1 atom stereocenters. The third kappa shape index (κ3) is 4.87. The minimum atomic E-state index is -0.169. The summed E-state index contributed by atoms with van der Waals surface area (Å²) in [7, 11) is 5.71. The van der Waals surface area contributed by atoms with Crippen molar-refractivity contribution in [1.82, 2.24) is 15.2 Å². The molecule has 5 heteroatoms. The molecule has 1 amide bonds. The van der Waals surface area contributed by atoms with Crippen LogP contribution < -0.4 is 10.6 Å². The molecule has 0 aromatic carbocycles. The third-order valence-electron chi connectivity index (χ3n) is 2.94. The number of carbonyl (C=O) groups excluding carboxylic acids is 1. The van der Waals surface area contributed by atoms with Crippen molar-refractivity contribution < 1.29 is 4.79 Å². The molecule has 0 saturated carbocycles. The highest BCUT2D eigenvalue weighted by molar-refractivity contribution is 5.92. The Hall–Kier alpha value is -1.62. The molecule has 1 heterocycles. The first kappa shape index (κ1) is 15.4. The van der Waals surface area contributed by atoms with E-state index in [9.17, 15) is 4.79 Å². The number of rotatable bonds is 6. The van der Waals surface area contributed by atoms with Crippen molar-refractivity contribution in [3.63, 3.8) is 0 Å². The lowest BCUT2D eigenvalue weighted by molar-refractivity contribution is 0.0958. The Morgan fingerprint density at radius 3 is 2.63 bits per heavy atom. The van der Waals surface area contributed by atoms with E-state index >= 15 is 0 Å². The smallest absolute Gasteiger partial charge is 0.269 e. The predicted octanol–water partition coefficient (Wildman–Crippen LogP) is 1.44. The second-order valence-electron chi connectivity index (χ2n) is 5.27. The van der Waals surface area contributed by atoms with E-state index in [2.05, 4.69) is 48.5 Å². The second-order valence-corrected chi connectivity index (χ2v) is 5.27. The van der Waals surface area contributed by atoms with Crippen LogP contribution in [-0.4, -0.2) is 49.5 Å². The number of nitrogens with zero attached hydrogens (tertiary/aromatic N) is 2. The summed E-state index contributed by atoms with van der Waals surface area (Å²) in [6.45, 7) is 5.30. The molecule has 1 rings (SSSR count). The van der Waals surface area contributed by atoms with Crippen molar-refractivity contribution in [2.24, 2.45) is 5.92 Å². The number of pyridine rings is 1. The lowest BCUT2D eigenvalue weighted by Crippen LogP contribution is -2.36. The topological polar surface area (TPSA) is 57.3 Å². The molecule has 106 valence electrons. The molecule has 19 heavy (non-hydrogen) atoms. The lowest BCUT2D eigenvalue weighted by atomic mass is 10.0. The Morgan fingerprint density at radius 2 is 2.11 bits per heavy atom. The summed E-state index contributed by atoms with van der Waals surface area (Å²) >= 11 is 0. The van der Waals surface area contributed by atoms with Gasteiger partial charge in [0.1, 0.15) is 5.69 Å². The van der Waals surface area contributed by atoms with Gasteiger partial charge in [-0.15, -0.1) is 0 Å². The summed E-state index contributed by atoms with van der Waals surface area (Å²) in [4.78, 5) is 17.8. The summed E-state index contributed by atoms with van der Waals surface area (Å²) in [5, 5.41) is 6.05. The van der Waals surface area contributed by atoms with Gasteiger partial charge in [-0.3, -0.25) is 9.78 Å².